The highest BCUT2D eigenvalue weighted by molar-refractivity contribution is 7.11. The van der Waals surface area contributed by atoms with Crippen LogP contribution < -0.4 is 11.3 Å². The van der Waals surface area contributed by atoms with Gasteiger partial charge < -0.3 is 9.47 Å². The Morgan fingerprint density at radius 1 is 1.52 bits per heavy atom. The van der Waals surface area contributed by atoms with E-state index in [9.17, 15) is 13.2 Å². The normalized spacial score (nSPS) is 20.4. The topological polar surface area (TPSA) is 69.4 Å². The number of hydrogen-bond donors (Lipinski definition) is 2. The fourth-order valence-electron chi connectivity index (χ4n) is 2.57. The monoisotopic (exact) mass is 325 g/mol. The number of halogens is 3. The Hall–Kier alpha value is -0.740. The van der Waals surface area contributed by atoms with Crippen LogP contribution in [0.4, 0.5) is 13.2 Å². The van der Waals surface area contributed by atoms with Crippen molar-refractivity contribution in [3.05, 3.63) is 16.1 Å². The molecule has 5 nitrogen and oxygen atoms in total. The molecule has 120 valence electrons. The van der Waals surface area contributed by atoms with Gasteiger partial charge in [-0.2, -0.15) is 13.2 Å². The molecule has 21 heavy (non-hydrogen) atoms. The van der Waals surface area contributed by atoms with Crippen molar-refractivity contribution in [2.24, 2.45) is 5.84 Å². The fourth-order valence-corrected chi connectivity index (χ4v) is 3.52. The van der Waals surface area contributed by atoms with Crippen molar-refractivity contribution in [2.75, 3.05) is 19.8 Å². The molecule has 0 aromatic carbocycles. The minimum atomic E-state index is -4.45. The highest BCUT2D eigenvalue weighted by Crippen LogP contribution is 2.41. The van der Waals surface area contributed by atoms with Crippen molar-refractivity contribution in [2.45, 2.75) is 37.6 Å². The van der Waals surface area contributed by atoms with Crippen LogP contribution in [0.2, 0.25) is 0 Å². The first-order chi connectivity index (χ1) is 9.93. The second kappa shape index (κ2) is 6.57. The molecule has 3 N–H and O–H groups in total. The molecule has 0 aliphatic carbocycles. The maximum absolute atomic E-state index is 12.7. The van der Waals surface area contributed by atoms with E-state index in [1.807, 2.05) is 6.92 Å². The van der Waals surface area contributed by atoms with Crippen molar-refractivity contribution in [3.8, 4) is 0 Å². The average molecular weight is 325 g/mol. The zero-order valence-corrected chi connectivity index (χ0v) is 12.4. The van der Waals surface area contributed by atoms with Crippen LogP contribution in [0.1, 0.15) is 35.7 Å². The molecule has 1 unspecified atom stereocenters. The largest absolute Gasteiger partial charge is 0.443 e. The van der Waals surface area contributed by atoms with Crippen LogP contribution in [-0.2, 0) is 15.7 Å². The van der Waals surface area contributed by atoms with Crippen LogP contribution in [0.3, 0.4) is 0 Å². The second-order valence-corrected chi connectivity index (χ2v) is 5.84. The molecule has 9 heteroatoms. The van der Waals surface area contributed by atoms with E-state index in [0.717, 1.165) is 0 Å². The summed E-state index contributed by atoms with van der Waals surface area (Å²) in [6.07, 6.45) is -2.10. The van der Waals surface area contributed by atoms with E-state index in [0.29, 0.717) is 48.9 Å². The van der Waals surface area contributed by atoms with E-state index in [1.165, 1.54) is 6.20 Å². The Labute approximate surface area is 124 Å². The molecule has 0 spiro atoms. The molecule has 0 bridgehead atoms. The first kappa shape index (κ1) is 16.6. The average Bonchev–Trinajstić information content (AvgIpc) is 2.90. The summed E-state index contributed by atoms with van der Waals surface area (Å²) in [4.78, 5) is 3.87. The number of thiazole rings is 1. The minimum Gasteiger partial charge on any atom is -0.381 e. The number of rotatable bonds is 5. The summed E-state index contributed by atoms with van der Waals surface area (Å²) >= 11 is 0.591. The summed E-state index contributed by atoms with van der Waals surface area (Å²) < 4.78 is 49.3. The van der Waals surface area contributed by atoms with Crippen molar-refractivity contribution in [1.29, 1.82) is 0 Å². The van der Waals surface area contributed by atoms with Crippen molar-refractivity contribution in [1.82, 2.24) is 10.4 Å². The van der Waals surface area contributed by atoms with Gasteiger partial charge in [-0.05, 0) is 6.92 Å². The van der Waals surface area contributed by atoms with E-state index in [2.05, 4.69) is 10.4 Å². The van der Waals surface area contributed by atoms with Crippen LogP contribution in [0.25, 0.3) is 0 Å². The third-order valence-corrected chi connectivity index (χ3v) is 4.62. The lowest BCUT2D eigenvalue weighted by molar-refractivity contribution is -0.137. The number of hydrazine groups is 1. The standard InChI is InChI=1S/C12H18F3N3O2S/c1-2-20-11(3-5-19-6-4-11)9(18-16)8-7-17-10(21-8)12(13,14)15/h7,9,18H,2-6,16H2,1H3. The smallest absolute Gasteiger partial charge is 0.381 e. The Balaban J connectivity index is 2.30. The molecule has 0 radical (unpaired) electrons. The van der Waals surface area contributed by atoms with E-state index < -0.39 is 22.8 Å². The zero-order valence-electron chi connectivity index (χ0n) is 11.6. The van der Waals surface area contributed by atoms with E-state index in [4.69, 9.17) is 15.3 Å². The lowest BCUT2D eigenvalue weighted by Gasteiger charge is -2.42. The van der Waals surface area contributed by atoms with Gasteiger partial charge in [0.1, 0.15) is 0 Å². The molecule has 1 aromatic heterocycles. The summed E-state index contributed by atoms with van der Waals surface area (Å²) in [6.45, 7) is 3.27. The molecule has 1 saturated heterocycles. The van der Waals surface area contributed by atoms with Crippen molar-refractivity contribution >= 4 is 11.3 Å². The summed E-state index contributed by atoms with van der Waals surface area (Å²) in [7, 11) is 0. The van der Waals surface area contributed by atoms with Crippen LogP contribution in [0.15, 0.2) is 6.20 Å². The van der Waals surface area contributed by atoms with Gasteiger partial charge in [0.05, 0.1) is 11.6 Å². The van der Waals surface area contributed by atoms with Gasteiger partial charge in [0.15, 0.2) is 5.01 Å². The minimum absolute atomic E-state index is 0.417. The molecule has 1 aromatic rings. The third kappa shape index (κ3) is 3.54. The molecule has 0 saturated carbocycles. The molecule has 1 atom stereocenters. The predicted molar refractivity (Wildman–Crippen MR) is 71.6 cm³/mol. The summed E-state index contributed by atoms with van der Waals surface area (Å²) in [6, 6.07) is -0.546. The number of ether oxygens (including phenoxy) is 2. The summed E-state index contributed by atoms with van der Waals surface area (Å²) in [5.74, 6) is 5.60. The Bertz CT molecular complexity index is 455. The Morgan fingerprint density at radius 2 is 2.19 bits per heavy atom. The number of hydrogen-bond acceptors (Lipinski definition) is 6. The highest BCUT2D eigenvalue weighted by Gasteiger charge is 2.44. The molecular weight excluding hydrogens is 307 g/mol. The zero-order chi connectivity index (χ0) is 15.5. The van der Waals surface area contributed by atoms with E-state index in [1.54, 1.807) is 0 Å². The maximum Gasteiger partial charge on any atom is 0.443 e. The van der Waals surface area contributed by atoms with Crippen LogP contribution in [0, 0.1) is 0 Å². The van der Waals surface area contributed by atoms with Gasteiger partial charge in [0.25, 0.3) is 0 Å². The molecule has 1 aliphatic heterocycles. The Morgan fingerprint density at radius 3 is 2.67 bits per heavy atom. The number of alkyl halides is 3. The van der Waals surface area contributed by atoms with Gasteiger partial charge in [-0.25, -0.2) is 10.4 Å². The van der Waals surface area contributed by atoms with Crippen LogP contribution in [-0.4, -0.2) is 30.4 Å². The van der Waals surface area contributed by atoms with Gasteiger partial charge in [0.2, 0.25) is 0 Å². The molecule has 1 fully saturated rings. The highest BCUT2D eigenvalue weighted by atomic mass is 32.1. The van der Waals surface area contributed by atoms with Gasteiger partial charge in [-0.3, -0.25) is 5.84 Å². The number of nitrogens with two attached hydrogens (primary N) is 1. The molecule has 2 rings (SSSR count). The van der Waals surface area contributed by atoms with Gasteiger partial charge in [-0.1, -0.05) is 0 Å². The summed E-state index contributed by atoms with van der Waals surface area (Å²) in [5.41, 5.74) is 1.93. The fraction of sp³-hybridized carbons (Fsp3) is 0.750. The molecular formula is C12H18F3N3O2S. The maximum atomic E-state index is 12.7. The first-order valence-corrected chi connectivity index (χ1v) is 7.45. The van der Waals surface area contributed by atoms with Crippen molar-refractivity contribution < 1.29 is 22.6 Å². The van der Waals surface area contributed by atoms with E-state index in [-0.39, 0.29) is 0 Å². The van der Waals surface area contributed by atoms with Crippen molar-refractivity contribution in [3.63, 3.8) is 0 Å². The van der Waals surface area contributed by atoms with Gasteiger partial charge in [-0.15, -0.1) is 11.3 Å². The summed E-state index contributed by atoms with van der Waals surface area (Å²) in [5, 5.41) is -0.878. The van der Waals surface area contributed by atoms with E-state index >= 15 is 0 Å². The number of nitrogens with one attached hydrogen (secondary N) is 1. The SMILES string of the molecule is CCOC1(C(NN)c2cnc(C(F)(F)F)s2)CCOCC1. The quantitative estimate of drug-likeness (QED) is 0.642. The predicted octanol–water partition coefficient (Wildman–Crippen LogP) is 2.25. The molecule has 2 heterocycles. The third-order valence-electron chi connectivity index (χ3n) is 3.51. The number of nitrogens with zero attached hydrogens (tertiary/aromatic N) is 1. The first-order valence-electron chi connectivity index (χ1n) is 6.63. The van der Waals surface area contributed by atoms with Crippen LogP contribution >= 0.6 is 11.3 Å². The lowest BCUT2D eigenvalue weighted by Crippen LogP contribution is -2.51. The molecule has 0 amide bonds. The number of aromatic nitrogens is 1. The Kier molecular flexibility index (Phi) is 5.20. The van der Waals surface area contributed by atoms with Crippen LogP contribution in [0.5, 0.6) is 0 Å². The molecule has 1 aliphatic rings. The second-order valence-electron chi connectivity index (χ2n) is 4.78. The van der Waals surface area contributed by atoms with Gasteiger partial charge >= 0.3 is 6.18 Å². The van der Waals surface area contributed by atoms with Gasteiger partial charge in [0, 0.05) is 43.7 Å². The lowest BCUT2D eigenvalue weighted by atomic mass is 9.85.